The molecule has 1 saturated heterocycles. The van der Waals surface area contributed by atoms with Crippen LogP contribution in [-0.4, -0.2) is 42.6 Å². The lowest BCUT2D eigenvalue weighted by Crippen LogP contribution is -2.46. The highest BCUT2D eigenvalue weighted by Gasteiger charge is 2.25. The summed E-state index contributed by atoms with van der Waals surface area (Å²) < 4.78 is 4.89. The lowest BCUT2D eigenvalue weighted by Gasteiger charge is -2.32. The minimum Gasteiger partial charge on any atom is -0.445 e. The van der Waals surface area contributed by atoms with Gasteiger partial charge in [0.25, 0.3) is 5.91 Å². The first-order chi connectivity index (χ1) is 10.6. The van der Waals surface area contributed by atoms with Crippen molar-refractivity contribution >= 4 is 23.6 Å². The fourth-order valence-electron chi connectivity index (χ4n) is 2.37. The van der Waals surface area contributed by atoms with Gasteiger partial charge in [0, 0.05) is 19.1 Å². The Labute approximate surface area is 134 Å². The minimum atomic E-state index is -0.448. The molecular weight excluding hydrogens is 304 g/mol. The highest BCUT2D eigenvalue weighted by atomic mass is 35.5. The van der Waals surface area contributed by atoms with Crippen LogP contribution in [0.25, 0.3) is 0 Å². The first-order valence-corrected chi connectivity index (χ1v) is 7.57. The van der Waals surface area contributed by atoms with Crippen LogP contribution in [0.5, 0.6) is 0 Å². The molecule has 1 aromatic carbocycles. The van der Waals surface area contributed by atoms with Gasteiger partial charge < -0.3 is 15.0 Å². The third kappa shape index (κ3) is 4.24. The predicted molar refractivity (Wildman–Crippen MR) is 85.1 cm³/mol. The van der Waals surface area contributed by atoms with Crippen molar-refractivity contribution in [1.29, 1.82) is 0 Å². The normalized spacial score (nSPS) is 15.2. The van der Waals surface area contributed by atoms with E-state index in [-0.39, 0.29) is 18.6 Å². The molecule has 22 heavy (non-hydrogen) atoms. The number of rotatable bonds is 4. The zero-order valence-corrected chi connectivity index (χ0v) is 13.0. The zero-order valence-electron chi connectivity index (χ0n) is 12.3. The summed E-state index contributed by atoms with van der Waals surface area (Å²) in [5.74, 6) is -0.0710. The smallest absolute Gasteiger partial charge is 0.407 e. The van der Waals surface area contributed by atoms with E-state index in [2.05, 4.69) is 11.9 Å². The standard InChI is InChI=1S/C16H19ClN2O3/c1-2-11-22-16(21)18-12-7-9-19(10-8-12)15(20)13-5-3-4-6-14(13)17/h2-6,12H,1,7-11H2,(H,18,21). The van der Waals surface area contributed by atoms with Gasteiger partial charge in [-0.3, -0.25) is 4.79 Å². The maximum absolute atomic E-state index is 12.4. The number of hydrogen-bond donors (Lipinski definition) is 1. The molecule has 6 heteroatoms. The van der Waals surface area contributed by atoms with Crippen molar-refractivity contribution < 1.29 is 14.3 Å². The Morgan fingerprint density at radius 1 is 1.36 bits per heavy atom. The van der Waals surface area contributed by atoms with E-state index in [9.17, 15) is 9.59 Å². The van der Waals surface area contributed by atoms with E-state index in [0.717, 1.165) is 0 Å². The Hall–Kier alpha value is -2.01. The van der Waals surface area contributed by atoms with Crippen molar-refractivity contribution in [2.24, 2.45) is 0 Å². The van der Waals surface area contributed by atoms with Gasteiger partial charge in [0.05, 0.1) is 10.6 Å². The molecule has 0 unspecified atom stereocenters. The first-order valence-electron chi connectivity index (χ1n) is 7.20. The van der Waals surface area contributed by atoms with Gasteiger partial charge >= 0.3 is 6.09 Å². The maximum atomic E-state index is 12.4. The summed E-state index contributed by atoms with van der Waals surface area (Å²) in [5.41, 5.74) is 0.515. The van der Waals surface area contributed by atoms with Crippen molar-refractivity contribution in [3.63, 3.8) is 0 Å². The average Bonchev–Trinajstić information content (AvgIpc) is 2.53. The van der Waals surface area contributed by atoms with E-state index in [4.69, 9.17) is 16.3 Å². The molecule has 2 rings (SSSR count). The zero-order chi connectivity index (χ0) is 15.9. The third-order valence-corrected chi connectivity index (χ3v) is 3.87. The van der Waals surface area contributed by atoms with Crippen molar-refractivity contribution in [3.8, 4) is 0 Å². The number of halogens is 1. The number of carbonyl (C=O) groups is 2. The van der Waals surface area contributed by atoms with Crippen molar-refractivity contribution in [3.05, 3.63) is 47.5 Å². The number of likely N-dealkylation sites (tertiary alicyclic amines) is 1. The van der Waals surface area contributed by atoms with Gasteiger partial charge in [0.2, 0.25) is 0 Å². The summed E-state index contributed by atoms with van der Waals surface area (Å²) in [7, 11) is 0. The number of alkyl carbamates (subject to hydrolysis) is 1. The van der Waals surface area contributed by atoms with Crippen LogP contribution in [0.1, 0.15) is 23.2 Å². The van der Waals surface area contributed by atoms with Crippen LogP contribution in [0.15, 0.2) is 36.9 Å². The van der Waals surface area contributed by atoms with E-state index in [1.165, 1.54) is 6.08 Å². The highest BCUT2D eigenvalue weighted by Crippen LogP contribution is 2.20. The maximum Gasteiger partial charge on any atom is 0.407 e. The molecule has 0 bridgehead atoms. The van der Waals surface area contributed by atoms with Crippen molar-refractivity contribution in [2.75, 3.05) is 19.7 Å². The highest BCUT2D eigenvalue weighted by molar-refractivity contribution is 6.33. The van der Waals surface area contributed by atoms with Gasteiger partial charge in [-0.2, -0.15) is 0 Å². The van der Waals surface area contributed by atoms with E-state index in [1.54, 1.807) is 29.2 Å². The third-order valence-electron chi connectivity index (χ3n) is 3.54. The molecule has 1 aliphatic heterocycles. The quantitative estimate of drug-likeness (QED) is 0.867. The number of ether oxygens (including phenoxy) is 1. The van der Waals surface area contributed by atoms with E-state index in [0.29, 0.717) is 36.5 Å². The van der Waals surface area contributed by atoms with Crippen molar-refractivity contribution in [1.82, 2.24) is 10.2 Å². The van der Waals surface area contributed by atoms with E-state index < -0.39 is 6.09 Å². The summed E-state index contributed by atoms with van der Waals surface area (Å²) in [6, 6.07) is 7.04. The number of hydrogen-bond acceptors (Lipinski definition) is 3. The summed E-state index contributed by atoms with van der Waals surface area (Å²) in [4.78, 5) is 25.6. The second kappa shape index (κ2) is 7.84. The van der Waals surface area contributed by atoms with Crippen LogP contribution in [0, 0.1) is 0 Å². The molecule has 1 aliphatic rings. The fourth-order valence-corrected chi connectivity index (χ4v) is 2.59. The van der Waals surface area contributed by atoms with Crippen LogP contribution in [-0.2, 0) is 4.74 Å². The Bertz CT molecular complexity index is 554. The largest absolute Gasteiger partial charge is 0.445 e. The lowest BCUT2D eigenvalue weighted by atomic mass is 10.0. The van der Waals surface area contributed by atoms with Crippen LogP contribution >= 0.6 is 11.6 Å². The number of amides is 2. The Balaban J connectivity index is 1.84. The van der Waals surface area contributed by atoms with Crippen LogP contribution in [0.2, 0.25) is 5.02 Å². The van der Waals surface area contributed by atoms with Gasteiger partial charge in [-0.1, -0.05) is 36.4 Å². The molecule has 0 spiro atoms. The van der Waals surface area contributed by atoms with Gasteiger partial charge in [-0.15, -0.1) is 0 Å². The average molecular weight is 323 g/mol. The first kappa shape index (κ1) is 16.4. The van der Waals surface area contributed by atoms with E-state index in [1.807, 2.05) is 0 Å². The number of piperidine rings is 1. The second-order valence-electron chi connectivity index (χ2n) is 5.08. The summed E-state index contributed by atoms with van der Waals surface area (Å²) in [5, 5.41) is 3.25. The monoisotopic (exact) mass is 322 g/mol. The van der Waals surface area contributed by atoms with Gasteiger partial charge in [0.15, 0.2) is 0 Å². The molecule has 0 atom stereocenters. The molecule has 0 saturated carbocycles. The molecular formula is C16H19ClN2O3. The molecule has 2 amide bonds. The van der Waals surface area contributed by atoms with Crippen LogP contribution in [0.4, 0.5) is 4.79 Å². The molecule has 1 N–H and O–H groups in total. The molecule has 1 fully saturated rings. The van der Waals surface area contributed by atoms with Crippen LogP contribution < -0.4 is 5.32 Å². The molecule has 118 valence electrons. The summed E-state index contributed by atoms with van der Waals surface area (Å²) in [6.45, 7) is 4.83. The summed E-state index contributed by atoms with van der Waals surface area (Å²) in [6.07, 6.45) is 2.46. The topological polar surface area (TPSA) is 58.6 Å². The SMILES string of the molecule is C=CCOC(=O)NC1CCN(C(=O)c2ccccc2Cl)CC1. The Morgan fingerprint density at radius 2 is 2.05 bits per heavy atom. The van der Waals surface area contributed by atoms with Crippen molar-refractivity contribution in [2.45, 2.75) is 18.9 Å². The predicted octanol–water partition coefficient (Wildman–Crippen LogP) is 2.86. The molecule has 0 aliphatic carbocycles. The number of carbonyl (C=O) groups excluding carboxylic acids is 2. The number of nitrogens with zero attached hydrogens (tertiary/aromatic N) is 1. The number of benzene rings is 1. The van der Waals surface area contributed by atoms with Gasteiger partial charge in [-0.05, 0) is 25.0 Å². The molecule has 0 aromatic heterocycles. The Morgan fingerprint density at radius 3 is 2.68 bits per heavy atom. The fraction of sp³-hybridized carbons (Fsp3) is 0.375. The molecule has 5 nitrogen and oxygen atoms in total. The van der Waals surface area contributed by atoms with E-state index >= 15 is 0 Å². The second-order valence-corrected chi connectivity index (χ2v) is 5.48. The minimum absolute atomic E-state index is 0.0209. The molecule has 1 heterocycles. The summed E-state index contributed by atoms with van der Waals surface area (Å²) >= 11 is 6.06. The van der Waals surface area contributed by atoms with Crippen LogP contribution in [0.3, 0.4) is 0 Å². The molecule has 1 aromatic rings. The van der Waals surface area contributed by atoms with Gasteiger partial charge in [0.1, 0.15) is 6.61 Å². The molecule has 0 radical (unpaired) electrons. The Kier molecular flexibility index (Phi) is 5.83. The van der Waals surface area contributed by atoms with Gasteiger partial charge in [-0.25, -0.2) is 4.79 Å². The lowest BCUT2D eigenvalue weighted by molar-refractivity contribution is 0.0703. The number of nitrogens with one attached hydrogen (secondary N) is 1.